The Hall–Kier alpha value is -4.61. The van der Waals surface area contributed by atoms with E-state index < -0.39 is 9.52 Å². The Morgan fingerprint density at radius 1 is 0.698 bits per heavy atom. The van der Waals surface area contributed by atoms with Crippen LogP contribution < -0.4 is 9.92 Å². The zero-order valence-electron chi connectivity index (χ0n) is 25.1. The predicted molar refractivity (Wildman–Crippen MR) is 185 cm³/mol. The van der Waals surface area contributed by atoms with Crippen molar-refractivity contribution in [3.63, 3.8) is 0 Å². The van der Waals surface area contributed by atoms with Crippen molar-refractivity contribution in [2.24, 2.45) is 0 Å². The van der Waals surface area contributed by atoms with E-state index in [1.807, 2.05) is 12.5 Å². The maximum Gasteiger partial charge on any atom is 0.119 e. The monoisotopic (exact) mass is 578 g/mol. The van der Waals surface area contributed by atoms with Crippen molar-refractivity contribution < 1.29 is 4.74 Å². The molecule has 0 spiro atoms. The number of benzene rings is 5. The quantitative estimate of drug-likeness (QED) is 0.178. The minimum Gasteiger partial charge on any atom is -0.494 e. The Morgan fingerprint density at radius 3 is 1.63 bits per heavy atom. The molecule has 3 nitrogen and oxygen atoms in total. The van der Waals surface area contributed by atoms with Crippen LogP contribution in [0.25, 0.3) is 0 Å². The summed E-state index contributed by atoms with van der Waals surface area (Å²) in [5.41, 5.74) is 5.33. The van der Waals surface area contributed by atoms with Crippen LogP contribution in [0.4, 0.5) is 0 Å². The summed E-state index contributed by atoms with van der Waals surface area (Å²) in [6.45, 7) is 2.88. The van der Waals surface area contributed by atoms with E-state index >= 15 is 0 Å². The summed E-state index contributed by atoms with van der Waals surface area (Å²) < 4.78 is 8.07. The lowest BCUT2D eigenvalue weighted by Gasteiger charge is -2.37. The third kappa shape index (κ3) is 7.43. The number of hydrogen-bond acceptors (Lipinski definition) is 2. The summed E-state index contributed by atoms with van der Waals surface area (Å²) in [7, 11) is 1.40. The molecule has 5 heteroatoms. The molecular formula is C38H39BN2OSi. The van der Waals surface area contributed by atoms with E-state index in [-0.39, 0.29) is 5.16 Å². The van der Waals surface area contributed by atoms with E-state index in [2.05, 4.69) is 176 Å². The van der Waals surface area contributed by atoms with Gasteiger partial charge in [-0.3, -0.25) is 0 Å². The Morgan fingerprint density at radius 2 is 1.19 bits per heavy atom. The van der Waals surface area contributed by atoms with Crippen molar-refractivity contribution in [1.29, 1.82) is 0 Å². The van der Waals surface area contributed by atoms with Gasteiger partial charge in [0.15, 0.2) is 0 Å². The molecule has 0 saturated carbocycles. The number of aromatic nitrogens is 2. The number of rotatable bonds is 10. The Balaban J connectivity index is 0.000000220. The van der Waals surface area contributed by atoms with Crippen molar-refractivity contribution in [2.75, 3.05) is 6.61 Å². The van der Waals surface area contributed by atoms with Crippen LogP contribution >= 0.6 is 0 Å². The molecule has 1 aromatic heterocycles. The van der Waals surface area contributed by atoms with Crippen LogP contribution in [0.5, 0.6) is 5.75 Å². The number of imidazole rings is 1. The SMILES string of the molecule is BC(c1ccccc1)c1ccccc1.CCCOc1ccc([SiH2]C(c2ccccc2)(c2ccccc2)n2ccnc2)cc1. The predicted octanol–water partition coefficient (Wildman–Crippen LogP) is 6.32. The van der Waals surface area contributed by atoms with Gasteiger partial charge in [0, 0.05) is 12.4 Å². The van der Waals surface area contributed by atoms with Gasteiger partial charge < -0.3 is 9.30 Å². The molecule has 214 valence electrons. The highest BCUT2D eigenvalue weighted by Gasteiger charge is 2.36. The van der Waals surface area contributed by atoms with E-state index in [0.717, 1.165) is 18.8 Å². The van der Waals surface area contributed by atoms with E-state index in [1.165, 1.54) is 27.4 Å². The van der Waals surface area contributed by atoms with Crippen molar-refractivity contribution in [3.05, 3.63) is 187 Å². The van der Waals surface area contributed by atoms with Gasteiger partial charge in [0.1, 0.15) is 13.6 Å². The Bertz CT molecular complexity index is 1530. The summed E-state index contributed by atoms with van der Waals surface area (Å²) >= 11 is 0. The highest BCUT2D eigenvalue weighted by molar-refractivity contribution is 6.57. The largest absolute Gasteiger partial charge is 0.494 e. The first-order chi connectivity index (χ1) is 21.2. The van der Waals surface area contributed by atoms with Gasteiger partial charge in [-0.25, -0.2) is 4.98 Å². The van der Waals surface area contributed by atoms with E-state index in [1.54, 1.807) is 0 Å². The fraction of sp³-hybridized carbons (Fsp3) is 0.132. The molecule has 0 aliphatic carbocycles. The van der Waals surface area contributed by atoms with Crippen LogP contribution in [0.15, 0.2) is 164 Å². The first-order valence-electron chi connectivity index (χ1n) is 15.1. The summed E-state index contributed by atoms with van der Waals surface area (Å²) in [4.78, 5) is 4.39. The van der Waals surface area contributed by atoms with Crippen molar-refractivity contribution >= 4 is 22.6 Å². The molecule has 0 saturated heterocycles. The second kappa shape index (κ2) is 15.0. The van der Waals surface area contributed by atoms with Gasteiger partial charge in [0.25, 0.3) is 0 Å². The zero-order chi connectivity index (χ0) is 29.7. The lowest BCUT2D eigenvalue weighted by Crippen LogP contribution is -2.46. The molecule has 0 fully saturated rings. The van der Waals surface area contributed by atoms with Gasteiger partial charge in [-0.2, -0.15) is 0 Å². The third-order valence-electron chi connectivity index (χ3n) is 7.90. The van der Waals surface area contributed by atoms with E-state index in [4.69, 9.17) is 4.74 Å². The molecule has 0 N–H and O–H groups in total. The van der Waals surface area contributed by atoms with E-state index in [0.29, 0.717) is 5.82 Å². The summed E-state index contributed by atoms with van der Waals surface area (Å²) in [6, 6.07) is 51.5. The molecule has 0 unspecified atom stereocenters. The molecule has 1 heterocycles. The maximum absolute atomic E-state index is 5.78. The zero-order valence-corrected chi connectivity index (χ0v) is 26.5. The van der Waals surface area contributed by atoms with Crippen LogP contribution in [-0.2, 0) is 5.16 Å². The highest BCUT2D eigenvalue weighted by atomic mass is 28.2. The first kappa shape index (κ1) is 29.9. The van der Waals surface area contributed by atoms with Crippen molar-refractivity contribution in [3.8, 4) is 5.75 Å². The van der Waals surface area contributed by atoms with Gasteiger partial charge in [0.2, 0.25) is 0 Å². The smallest absolute Gasteiger partial charge is 0.119 e. The summed E-state index contributed by atoms with van der Waals surface area (Å²) in [6.07, 6.45) is 6.93. The number of hydrogen-bond donors (Lipinski definition) is 0. The van der Waals surface area contributed by atoms with Crippen molar-refractivity contribution in [2.45, 2.75) is 24.3 Å². The fourth-order valence-electron chi connectivity index (χ4n) is 5.57. The molecule has 43 heavy (non-hydrogen) atoms. The first-order valence-corrected chi connectivity index (χ1v) is 16.5. The standard InChI is InChI=1S/C25H26N2OSi.C13H13B/c1-2-19-28-23-13-15-24(16-14-23)29-25(27-18-17-26-20-27,21-9-5-3-6-10-21)22-11-7-4-8-12-22;14-13(11-7-3-1-4-8-11)12-9-5-2-6-10-12/h3-18,20H,2,19,29H2,1H3;1-10,13H,14H2. The molecule has 6 aromatic rings. The van der Waals surface area contributed by atoms with Gasteiger partial charge in [-0.05, 0) is 46.6 Å². The fourth-order valence-corrected chi connectivity index (χ4v) is 7.88. The van der Waals surface area contributed by atoms with Gasteiger partial charge >= 0.3 is 0 Å². The average Bonchev–Trinajstić information content (AvgIpc) is 3.64. The lowest BCUT2D eigenvalue weighted by atomic mass is 9.76. The molecule has 6 rings (SSSR count). The van der Waals surface area contributed by atoms with Gasteiger partial charge in [0.05, 0.1) is 27.6 Å². The second-order valence-corrected chi connectivity index (χ2v) is 13.0. The normalized spacial score (nSPS) is 11.3. The van der Waals surface area contributed by atoms with Crippen LogP contribution in [0.3, 0.4) is 0 Å². The second-order valence-electron chi connectivity index (χ2n) is 10.8. The minimum atomic E-state index is -0.838. The Kier molecular flexibility index (Phi) is 10.4. The minimum absolute atomic E-state index is 0.245. The Labute approximate surface area is 259 Å². The molecule has 0 bridgehead atoms. The molecule has 0 amide bonds. The van der Waals surface area contributed by atoms with Gasteiger partial charge in [-0.1, -0.05) is 146 Å². The highest BCUT2D eigenvalue weighted by Crippen LogP contribution is 2.33. The number of ether oxygens (including phenoxy) is 1. The molecule has 0 atom stereocenters. The van der Waals surface area contributed by atoms with Crippen LogP contribution in [0, 0.1) is 0 Å². The van der Waals surface area contributed by atoms with Crippen LogP contribution in [0.1, 0.15) is 41.4 Å². The number of nitrogens with zero attached hydrogens (tertiary/aromatic N) is 2. The molecule has 0 radical (unpaired) electrons. The van der Waals surface area contributed by atoms with Crippen LogP contribution in [-0.4, -0.2) is 33.5 Å². The third-order valence-corrected chi connectivity index (χ3v) is 10.5. The molecular weight excluding hydrogens is 539 g/mol. The van der Waals surface area contributed by atoms with Gasteiger partial charge in [-0.15, -0.1) is 0 Å². The molecule has 5 aromatic carbocycles. The lowest BCUT2D eigenvalue weighted by molar-refractivity contribution is 0.317. The van der Waals surface area contributed by atoms with Crippen molar-refractivity contribution in [1.82, 2.24) is 9.55 Å². The molecule has 0 aliphatic heterocycles. The average molecular weight is 579 g/mol. The topological polar surface area (TPSA) is 27.1 Å². The summed E-state index contributed by atoms with van der Waals surface area (Å²) in [5.74, 6) is 1.43. The summed E-state index contributed by atoms with van der Waals surface area (Å²) in [5, 5.41) is 1.14. The van der Waals surface area contributed by atoms with Crippen LogP contribution in [0.2, 0.25) is 0 Å². The maximum atomic E-state index is 5.78. The molecule has 0 aliphatic rings. The van der Waals surface area contributed by atoms with E-state index in [9.17, 15) is 0 Å².